The zero-order valence-electron chi connectivity index (χ0n) is 18.4. The quantitative estimate of drug-likeness (QED) is 0.331. The molecule has 0 spiro atoms. The Morgan fingerprint density at radius 1 is 1.08 bits per heavy atom. The molecule has 9 nitrogen and oxygen atoms in total. The Bertz CT molecular complexity index is 1570. The van der Waals surface area contributed by atoms with Gasteiger partial charge in [0.2, 0.25) is 5.62 Å². The summed E-state index contributed by atoms with van der Waals surface area (Å²) in [5.41, 5.74) is -0.719. The summed E-state index contributed by atoms with van der Waals surface area (Å²) in [4.78, 5) is 36.4. The average Bonchev–Trinajstić information content (AvgIpc) is 3.27. The van der Waals surface area contributed by atoms with Crippen LogP contribution in [0.25, 0.3) is 10.2 Å². The number of nitrogens with zero attached hydrogens (tertiary/aromatic N) is 4. The zero-order chi connectivity index (χ0) is 26.0. The molecule has 14 heteroatoms. The first-order valence-electron chi connectivity index (χ1n) is 10.5. The van der Waals surface area contributed by atoms with Gasteiger partial charge in [-0.2, -0.15) is 13.2 Å². The number of hydrogen-bond donors (Lipinski definition) is 3. The van der Waals surface area contributed by atoms with Crippen LogP contribution in [0.4, 0.5) is 18.9 Å². The molecule has 190 valence electrons. The fraction of sp³-hybridized carbons (Fsp3) is 0.273. The van der Waals surface area contributed by atoms with E-state index in [1.165, 1.54) is 22.8 Å². The number of nitrogens with one attached hydrogen (secondary N) is 1. The third kappa shape index (κ3) is 5.59. The Hall–Kier alpha value is -3.26. The number of halogens is 4. The Morgan fingerprint density at radius 3 is 2.42 bits per heavy atom. The molecular weight excluding hydrogens is 523 g/mol. The SMILES string of the molecule is O=c1[nH]/c(=N\c2ccc3nc(C(F)(F)F)sc3c2)n(Cc2ccc(Cl)cc2)c(=O)n1CC(CO)CO. The van der Waals surface area contributed by atoms with Gasteiger partial charge >= 0.3 is 17.6 Å². The molecule has 0 aliphatic heterocycles. The van der Waals surface area contributed by atoms with Crippen LogP contribution in [-0.2, 0) is 19.3 Å². The molecule has 2 aromatic heterocycles. The molecule has 3 N–H and O–H groups in total. The summed E-state index contributed by atoms with van der Waals surface area (Å²) < 4.78 is 41.3. The Kier molecular flexibility index (Phi) is 7.45. The molecule has 0 radical (unpaired) electrons. The van der Waals surface area contributed by atoms with E-state index in [1.807, 2.05) is 0 Å². The first-order chi connectivity index (χ1) is 17.1. The van der Waals surface area contributed by atoms with Gasteiger partial charge in [0.15, 0.2) is 5.01 Å². The molecule has 0 unspecified atom stereocenters. The highest BCUT2D eigenvalue weighted by Crippen LogP contribution is 2.36. The molecule has 0 amide bonds. The zero-order valence-corrected chi connectivity index (χ0v) is 19.9. The van der Waals surface area contributed by atoms with Crippen molar-refractivity contribution in [3.63, 3.8) is 0 Å². The maximum Gasteiger partial charge on any atom is 0.443 e. The number of hydrogen-bond acceptors (Lipinski definition) is 7. The number of aromatic amines is 1. The van der Waals surface area contributed by atoms with E-state index in [4.69, 9.17) is 11.6 Å². The molecule has 0 aliphatic rings. The molecular formula is C22H19ClF3N5O4S. The lowest BCUT2D eigenvalue weighted by molar-refractivity contribution is -0.137. The highest BCUT2D eigenvalue weighted by atomic mass is 35.5. The lowest BCUT2D eigenvalue weighted by Gasteiger charge is -2.14. The molecule has 36 heavy (non-hydrogen) atoms. The fourth-order valence-corrected chi connectivity index (χ4v) is 4.37. The van der Waals surface area contributed by atoms with Crippen LogP contribution in [0.5, 0.6) is 0 Å². The third-order valence-corrected chi connectivity index (χ3v) is 6.56. The van der Waals surface area contributed by atoms with Gasteiger partial charge < -0.3 is 10.2 Å². The van der Waals surface area contributed by atoms with Crippen LogP contribution < -0.4 is 17.0 Å². The van der Waals surface area contributed by atoms with E-state index in [0.29, 0.717) is 21.9 Å². The summed E-state index contributed by atoms with van der Waals surface area (Å²) in [5.74, 6) is -0.743. The van der Waals surface area contributed by atoms with Crippen molar-refractivity contribution in [1.82, 2.24) is 19.1 Å². The highest BCUT2D eigenvalue weighted by Gasteiger charge is 2.34. The summed E-state index contributed by atoms with van der Waals surface area (Å²) >= 11 is 6.39. The van der Waals surface area contributed by atoms with Crippen molar-refractivity contribution < 1.29 is 23.4 Å². The average molecular weight is 542 g/mol. The van der Waals surface area contributed by atoms with Crippen LogP contribution >= 0.6 is 22.9 Å². The minimum Gasteiger partial charge on any atom is -0.396 e. The Balaban J connectivity index is 1.87. The van der Waals surface area contributed by atoms with Crippen molar-refractivity contribution >= 4 is 38.8 Å². The van der Waals surface area contributed by atoms with Crippen molar-refractivity contribution in [2.75, 3.05) is 13.2 Å². The molecule has 4 aromatic rings. The van der Waals surface area contributed by atoms with Gasteiger partial charge in [-0.1, -0.05) is 23.7 Å². The van der Waals surface area contributed by atoms with Crippen LogP contribution in [0.15, 0.2) is 57.0 Å². The first-order valence-corrected chi connectivity index (χ1v) is 11.7. The Morgan fingerprint density at radius 2 is 1.78 bits per heavy atom. The van der Waals surface area contributed by atoms with Gasteiger partial charge in [-0.05, 0) is 35.9 Å². The summed E-state index contributed by atoms with van der Waals surface area (Å²) in [6.45, 7) is -1.15. The Labute approximate surface area is 209 Å². The van der Waals surface area contributed by atoms with E-state index < -0.39 is 41.7 Å². The minimum absolute atomic E-state index is 0.0183. The van der Waals surface area contributed by atoms with Gasteiger partial charge in [0.25, 0.3) is 0 Å². The van der Waals surface area contributed by atoms with Crippen molar-refractivity contribution in [1.29, 1.82) is 0 Å². The highest BCUT2D eigenvalue weighted by molar-refractivity contribution is 7.18. The molecule has 0 atom stereocenters. The number of aliphatic hydroxyl groups is 2. The van der Waals surface area contributed by atoms with E-state index in [2.05, 4.69) is 15.0 Å². The molecule has 4 rings (SSSR count). The smallest absolute Gasteiger partial charge is 0.396 e. The molecule has 0 fully saturated rings. The number of benzene rings is 2. The first kappa shape index (κ1) is 25.8. The van der Waals surface area contributed by atoms with E-state index in [1.54, 1.807) is 24.3 Å². The molecule has 2 aromatic carbocycles. The van der Waals surface area contributed by atoms with Gasteiger partial charge in [0.1, 0.15) is 0 Å². The number of H-pyrrole nitrogens is 1. The van der Waals surface area contributed by atoms with E-state index >= 15 is 0 Å². The largest absolute Gasteiger partial charge is 0.443 e. The van der Waals surface area contributed by atoms with Gasteiger partial charge in [0, 0.05) is 30.7 Å². The normalized spacial score (nSPS) is 12.7. The monoisotopic (exact) mass is 541 g/mol. The second kappa shape index (κ2) is 10.4. The minimum atomic E-state index is -4.58. The second-order valence-electron chi connectivity index (χ2n) is 7.87. The summed E-state index contributed by atoms with van der Waals surface area (Å²) in [7, 11) is 0. The number of thiazole rings is 1. The third-order valence-electron chi connectivity index (χ3n) is 5.24. The van der Waals surface area contributed by atoms with E-state index in [0.717, 1.165) is 4.57 Å². The van der Waals surface area contributed by atoms with E-state index in [9.17, 15) is 33.0 Å². The van der Waals surface area contributed by atoms with Gasteiger partial charge in [-0.25, -0.2) is 24.1 Å². The van der Waals surface area contributed by atoms with Crippen molar-refractivity contribution in [3.05, 3.63) is 84.6 Å². The van der Waals surface area contributed by atoms with Crippen molar-refractivity contribution in [2.24, 2.45) is 10.9 Å². The van der Waals surface area contributed by atoms with Crippen molar-refractivity contribution in [3.8, 4) is 0 Å². The molecule has 0 aliphatic carbocycles. The molecule has 0 bridgehead atoms. The van der Waals surface area contributed by atoms with Gasteiger partial charge in [0.05, 0.1) is 22.4 Å². The van der Waals surface area contributed by atoms with Crippen LogP contribution in [0.1, 0.15) is 10.6 Å². The number of aromatic nitrogens is 4. The number of fused-ring (bicyclic) bond motifs is 1. The molecule has 0 saturated carbocycles. The van der Waals surface area contributed by atoms with Crippen LogP contribution in [-0.4, -0.2) is 42.5 Å². The maximum atomic E-state index is 13.3. The topological polar surface area (TPSA) is 126 Å². The summed E-state index contributed by atoms with van der Waals surface area (Å²) in [6, 6.07) is 10.8. The lowest BCUT2D eigenvalue weighted by Crippen LogP contribution is -2.51. The maximum absolute atomic E-state index is 13.3. The summed E-state index contributed by atoms with van der Waals surface area (Å²) in [5, 5.41) is 18.3. The number of rotatable bonds is 7. The van der Waals surface area contributed by atoms with Crippen molar-refractivity contribution in [2.45, 2.75) is 19.3 Å². The van der Waals surface area contributed by atoms with Crippen LogP contribution in [0, 0.1) is 5.92 Å². The van der Waals surface area contributed by atoms with Gasteiger partial charge in [-0.3, -0.25) is 9.55 Å². The lowest BCUT2D eigenvalue weighted by atomic mass is 10.2. The fourth-order valence-electron chi connectivity index (χ4n) is 3.38. The summed E-state index contributed by atoms with van der Waals surface area (Å²) in [6.07, 6.45) is -4.58. The predicted molar refractivity (Wildman–Crippen MR) is 127 cm³/mol. The molecule has 0 saturated heterocycles. The van der Waals surface area contributed by atoms with Crippen LogP contribution in [0.3, 0.4) is 0 Å². The van der Waals surface area contributed by atoms with E-state index in [-0.39, 0.29) is 34.6 Å². The second-order valence-corrected chi connectivity index (χ2v) is 9.34. The number of alkyl halides is 3. The van der Waals surface area contributed by atoms with Gasteiger partial charge in [-0.15, -0.1) is 11.3 Å². The van der Waals surface area contributed by atoms with Crippen LogP contribution in [0.2, 0.25) is 5.02 Å². The molecule has 2 heterocycles. The standard InChI is InChI=1S/C22H19ClF3N5O4S/c23-14-3-1-12(2-4-14)8-30-19(29-20(34)31(21(30)35)9-13(10-32)11-33)27-15-5-6-16-17(7-15)36-18(28-16)22(24,25)26/h1-7,13,32-33H,8-11H2,(H,27,29,34). The number of aliphatic hydroxyl groups excluding tert-OH is 2. The predicted octanol–water partition coefficient (Wildman–Crippen LogP) is 2.50.